The molecule has 104 valence electrons. The summed E-state index contributed by atoms with van der Waals surface area (Å²) in [6.45, 7) is 2.33. The van der Waals surface area contributed by atoms with Crippen LogP contribution in [-0.4, -0.2) is 45.5 Å². The van der Waals surface area contributed by atoms with E-state index in [-0.39, 0.29) is 6.10 Å². The second-order valence-electron chi connectivity index (χ2n) is 4.15. The Kier molecular flexibility index (Phi) is 5.00. The summed E-state index contributed by atoms with van der Waals surface area (Å²) in [6.07, 6.45) is -0.00929. The largest absolute Gasteiger partial charge is 0.497 e. The number of nitrogens with one attached hydrogen (secondary N) is 1. The van der Waals surface area contributed by atoms with Gasteiger partial charge in [-0.05, 0) is 24.3 Å². The minimum atomic E-state index is -0.00929. The molecule has 1 aromatic carbocycles. The van der Waals surface area contributed by atoms with Crippen molar-refractivity contribution >= 4 is 11.6 Å². The first-order chi connectivity index (χ1) is 9.28. The average Bonchev–Trinajstić information content (AvgIpc) is 2.47. The lowest BCUT2D eigenvalue weighted by atomic mass is 10.3. The number of nitrogens with zero attached hydrogens (tertiary/aromatic N) is 1. The first kappa shape index (κ1) is 13.6. The number of aliphatic imine (C=N–C) groups is 1. The summed E-state index contributed by atoms with van der Waals surface area (Å²) in [5, 5.41) is 3.01. The van der Waals surface area contributed by atoms with E-state index >= 15 is 0 Å². The van der Waals surface area contributed by atoms with Gasteiger partial charge < -0.3 is 25.3 Å². The van der Waals surface area contributed by atoms with Crippen LogP contribution in [0.1, 0.15) is 0 Å². The van der Waals surface area contributed by atoms with Crippen LogP contribution in [0.5, 0.6) is 5.75 Å². The fraction of sp³-hybridized carbons (Fsp3) is 0.462. The van der Waals surface area contributed by atoms with Crippen molar-refractivity contribution in [2.75, 3.05) is 38.8 Å². The summed E-state index contributed by atoms with van der Waals surface area (Å²) in [5.74, 6) is 1.16. The van der Waals surface area contributed by atoms with Crippen molar-refractivity contribution in [2.24, 2.45) is 10.7 Å². The minimum Gasteiger partial charge on any atom is -0.497 e. The zero-order valence-corrected chi connectivity index (χ0v) is 11.0. The van der Waals surface area contributed by atoms with Crippen LogP contribution < -0.4 is 15.8 Å². The number of anilines is 1. The van der Waals surface area contributed by atoms with Crippen molar-refractivity contribution in [2.45, 2.75) is 6.10 Å². The zero-order chi connectivity index (χ0) is 13.5. The Balaban J connectivity index is 1.82. The highest BCUT2D eigenvalue weighted by atomic mass is 16.6. The van der Waals surface area contributed by atoms with E-state index in [1.807, 2.05) is 24.3 Å². The number of methoxy groups -OCH3 is 1. The highest BCUT2D eigenvalue weighted by Crippen LogP contribution is 2.14. The van der Waals surface area contributed by atoms with Crippen molar-refractivity contribution in [1.82, 2.24) is 0 Å². The van der Waals surface area contributed by atoms with Crippen LogP contribution in [0.25, 0.3) is 0 Å². The van der Waals surface area contributed by atoms with Gasteiger partial charge >= 0.3 is 0 Å². The van der Waals surface area contributed by atoms with Gasteiger partial charge in [-0.2, -0.15) is 0 Å². The number of benzene rings is 1. The molecule has 3 N–H and O–H groups in total. The van der Waals surface area contributed by atoms with E-state index in [1.165, 1.54) is 0 Å². The van der Waals surface area contributed by atoms with Gasteiger partial charge in [0.1, 0.15) is 11.9 Å². The normalized spacial score (nSPS) is 20.1. The van der Waals surface area contributed by atoms with Crippen molar-refractivity contribution in [3.63, 3.8) is 0 Å². The van der Waals surface area contributed by atoms with Gasteiger partial charge in [-0.1, -0.05) is 0 Å². The lowest BCUT2D eigenvalue weighted by molar-refractivity contribution is -0.0832. The summed E-state index contributed by atoms with van der Waals surface area (Å²) in [5.41, 5.74) is 6.67. The summed E-state index contributed by atoms with van der Waals surface area (Å²) < 4.78 is 15.8. The van der Waals surface area contributed by atoms with Gasteiger partial charge in [-0.3, -0.25) is 4.99 Å². The van der Waals surface area contributed by atoms with Crippen LogP contribution in [0.4, 0.5) is 5.69 Å². The predicted molar refractivity (Wildman–Crippen MR) is 73.7 cm³/mol. The van der Waals surface area contributed by atoms with Crippen LogP contribution in [0.3, 0.4) is 0 Å². The summed E-state index contributed by atoms with van der Waals surface area (Å²) in [6, 6.07) is 7.46. The van der Waals surface area contributed by atoms with Crippen LogP contribution in [0.2, 0.25) is 0 Å². The molecule has 6 nitrogen and oxygen atoms in total. The number of hydrogen-bond acceptors (Lipinski definition) is 4. The average molecular weight is 265 g/mol. The molecule has 0 radical (unpaired) electrons. The molecule has 1 aliphatic rings. The molecule has 0 bridgehead atoms. The van der Waals surface area contributed by atoms with Crippen molar-refractivity contribution < 1.29 is 14.2 Å². The molecule has 0 aromatic heterocycles. The van der Waals surface area contributed by atoms with Crippen molar-refractivity contribution in [1.29, 1.82) is 0 Å². The molecular weight excluding hydrogens is 246 g/mol. The molecule has 1 fully saturated rings. The molecular formula is C13H19N3O3. The molecule has 1 aromatic rings. The molecule has 2 rings (SSSR count). The highest BCUT2D eigenvalue weighted by Gasteiger charge is 2.13. The number of rotatable bonds is 4. The van der Waals surface area contributed by atoms with E-state index in [0.717, 1.165) is 11.4 Å². The standard InChI is InChI=1S/C13H19N3O3/c1-17-11-4-2-10(3-5-11)16-13(14)15-8-12-9-18-6-7-19-12/h2-5,12H,6-9H2,1H3,(H3,14,15,16). The van der Waals surface area contributed by atoms with Gasteiger partial charge in [-0.15, -0.1) is 0 Å². The van der Waals surface area contributed by atoms with Crippen molar-refractivity contribution in [3.8, 4) is 5.75 Å². The second-order valence-corrected chi connectivity index (χ2v) is 4.15. The number of guanidine groups is 1. The lowest BCUT2D eigenvalue weighted by Gasteiger charge is -2.21. The van der Waals surface area contributed by atoms with E-state index in [0.29, 0.717) is 32.3 Å². The summed E-state index contributed by atoms with van der Waals surface area (Å²) in [7, 11) is 1.63. The van der Waals surface area contributed by atoms with Gasteiger partial charge in [0.2, 0.25) is 0 Å². The molecule has 1 aliphatic heterocycles. The molecule has 0 aliphatic carbocycles. The molecule has 0 spiro atoms. The number of hydrogen-bond donors (Lipinski definition) is 2. The monoisotopic (exact) mass is 265 g/mol. The summed E-state index contributed by atoms with van der Waals surface area (Å²) in [4.78, 5) is 4.23. The maximum absolute atomic E-state index is 5.80. The Hall–Kier alpha value is -1.79. The van der Waals surface area contributed by atoms with Gasteiger partial charge in [0.05, 0.1) is 33.5 Å². The van der Waals surface area contributed by atoms with E-state index in [4.69, 9.17) is 19.9 Å². The Morgan fingerprint density at radius 3 is 2.84 bits per heavy atom. The van der Waals surface area contributed by atoms with Gasteiger partial charge in [0.25, 0.3) is 0 Å². The molecule has 19 heavy (non-hydrogen) atoms. The van der Waals surface area contributed by atoms with Gasteiger partial charge in [0, 0.05) is 5.69 Å². The minimum absolute atomic E-state index is 0.00929. The maximum atomic E-state index is 5.80. The Morgan fingerprint density at radius 2 is 2.21 bits per heavy atom. The van der Waals surface area contributed by atoms with Crippen LogP contribution in [-0.2, 0) is 9.47 Å². The first-order valence-electron chi connectivity index (χ1n) is 6.18. The van der Waals surface area contributed by atoms with Gasteiger partial charge in [0.15, 0.2) is 5.96 Å². The third kappa shape index (κ3) is 4.42. The lowest BCUT2D eigenvalue weighted by Crippen LogP contribution is -2.32. The van der Waals surface area contributed by atoms with Crippen LogP contribution in [0, 0.1) is 0 Å². The van der Waals surface area contributed by atoms with Gasteiger partial charge in [-0.25, -0.2) is 0 Å². The molecule has 6 heteroatoms. The van der Waals surface area contributed by atoms with Crippen LogP contribution >= 0.6 is 0 Å². The Morgan fingerprint density at radius 1 is 1.42 bits per heavy atom. The maximum Gasteiger partial charge on any atom is 0.193 e. The van der Waals surface area contributed by atoms with E-state index in [9.17, 15) is 0 Å². The topological polar surface area (TPSA) is 78.1 Å². The molecule has 1 unspecified atom stereocenters. The van der Waals surface area contributed by atoms with Crippen LogP contribution in [0.15, 0.2) is 29.3 Å². The van der Waals surface area contributed by atoms with Crippen molar-refractivity contribution in [3.05, 3.63) is 24.3 Å². The third-order valence-corrected chi connectivity index (χ3v) is 2.71. The molecule has 0 saturated carbocycles. The SMILES string of the molecule is COc1ccc(NC(N)=NCC2COCCO2)cc1. The smallest absolute Gasteiger partial charge is 0.193 e. The summed E-state index contributed by atoms with van der Waals surface area (Å²) >= 11 is 0. The highest BCUT2D eigenvalue weighted by molar-refractivity contribution is 5.92. The quantitative estimate of drug-likeness (QED) is 0.623. The zero-order valence-electron chi connectivity index (χ0n) is 11.0. The second kappa shape index (κ2) is 6.96. The predicted octanol–water partition coefficient (Wildman–Crippen LogP) is 0.837. The first-order valence-corrected chi connectivity index (χ1v) is 6.18. The Bertz CT molecular complexity index is 414. The number of nitrogens with two attached hydrogens (primary N) is 1. The fourth-order valence-electron chi connectivity index (χ4n) is 1.70. The number of ether oxygens (including phenoxy) is 3. The third-order valence-electron chi connectivity index (χ3n) is 2.71. The molecule has 1 saturated heterocycles. The Labute approximate surface area is 112 Å². The molecule has 1 atom stereocenters. The molecule has 1 heterocycles. The molecule has 0 amide bonds. The van der Waals surface area contributed by atoms with E-state index in [1.54, 1.807) is 7.11 Å². The fourth-order valence-corrected chi connectivity index (χ4v) is 1.70. The van der Waals surface area contributed by atoms with E-state index in [2.05, 4.69) is 10.3 Å². The van der Waals surface area contributed by atoms with E-state index < -0.39 is 0 Å².